The number of benzene rings is 1. The van der Waals surface area contributed by atoms with Crippen molar-refractivity contribution < 1.29 is 19.8 Å². The summed E-state index contributed by atoms with van der Waals surface area (Å²) in [6, 6.07) is 9.04. The Balaban J connectivity index is 3.76. The normalized spacial score (nSPS) is 11.9. The van der Waals surface area contributed by atoms with Crippen molar-refractivity contribution in [3.05, 3.63) is 71.8 Å². The summed E-state index contributed by atoms with van der Waals surface area (Å²) in [4.78, 5) is 22.9. The van der Waals surface area contributed by atoms with Crippen molar-refractivity contribution in [1.29, 1.82) is 10.5 Å². The predicted octanol–water partition coefficient (Wildman–Crippen LogP) is 2.78. The number of hydrogen-bond acceptors (Lipinski definition) is 4. The van der Waals surface area contributed by atoms with Crippen molar-refractivity contribution in [2.75, 3.05) is 0 Å². The first kappa shape index (κ1) is 18.1. The number of allylic oxidation sites excluding steroid dienone is 4. The van der Waals surface area contributed by atoms with E-state index in [1.54, 1.807) is 12.1 Å². The second kappa shape index (κ2) is 7.92. The van der Waals surface area contributed by atoms with Crippen LogP contribution in [0.4, 0.5) is 0 Å². The lowest BCUT2D eigenvalue weighted by Crippen LogP contribution is -2.06. The monoisotopic (exact) mass is 320 g/mol. The van der Waals surface area contributed by atoms with Crippen LogP contribution >= 0.6 is 0 Å². The van der Waals surface area contributed by atoms with E-state index in [1.807, 2.05) is 0 Å². The van der Waals surface area contributed by atoms with Crippen LogP contribution in [0, 0.1) is 22.7 Å². The number of carbonyl (C=O) groups is 2. The van der Waals surface area contributed by atoms with E-state index in [4.69, 9.17) is 10.5 Å². The second-order valence-electron chi connectivity index (χ2n) is 4.40. The van der Waals surface area contributed by atoms with Crippen LogP contribution in [0.1, 0.15) is 11.1 Å². The fourth-order valence-corrected chi connectivity index (χ4v) is 2.03. The standard InChI is InChI=1S/C18H12N2O4/c1-3-11(9-19)15(17(21)22)13-6-5-7-14(8-13)16(18(23)24)12(4-2)10-20/h3-8H,1-2H2,(H,21,22)(H,23,24). The van der Waals surface area contributed by atoms with Crippen molar-refractivity contribution in [2.45, 2.75) is 0 Å². The molecule has 1 aromatic rings. The Morgan fingerprint density at radius 2 is 1.29 bits per heavy atom. The Kier molecular flexibility index (Phi) is 5.99. The molecule has 0 aromatic heterocycles. The van der Waals surface area contributed by atoms with Gasteiger partial charge in [0.2, 0.25) is 0 Å². The van der Waals surface area contributed by atoms with Gasteiger partial charge in [0.25, 0.3) is 0 Å². The molecule has 0 amide bonds. The van der Waals surface area contributed by atoms with Crippen LogP contribution in [0.15, 0.2) is 60.7 Å². The van der Waals surface area contributed by atoms with Gasteiger partial charge < -0.3 is 10.2 Å². The summed E-state index contributed by atoms with van der Waals surface area (Å²) in [5.74, 6) is -2.71. The van der Waals surface area contributed by atoms with Crippen LogP contribution in [0.3, 0.4) is 0 Å². The summed E-state index contributed by atoms with van der Waals surface area (Å²) >= 11 is 0. The van der Waals surface area contributed by atoms with Crippen LogP contribution < -0.4 is 0 Å². The molecule has 0 fully saturated rings. The van der Waals surface area contributed by atoms with Crippen molar-refractivity contribution >= 4 is 23.1 Å². The van der Waals surface area contributed by atoms with Gasteiger partial charge in [-0.3, -0.25) is 0 Å². The molecule has 0 unspecified atom stereocenters. The molecule has 0 aliphatic heterocycles. The molecule has 0 aliphatic carbocycles. The number of carboxylic acid groups (broad SMARTS) is 2. The summed E-state index contributed by atoms with van der Waals surface area (Å²) in [6.45, 7) is 6.80. The topological polar surface area (TPSA) is 122 Å². The number of hydrogen-bond donors (Lipinski definition) is 2. The first-order chi connectivity index (χ1) is 11.4. The Bertz CT molecular complexity index is 808. The largest absolute Gasteiger partial charge is 0.478 e. The third-order valence-corrected chi connectivity index (χ3v) is 3.06. The minimum Gasteiger partial charge on any atom is -0.478 e. The number of nitriles is 2. The van der Waals surface area contributed by atoms with Gasteiger partial charge >= 0.3 is 11.9 Å². The van der Waals surface area contributed by atoms with Gasteiger partial charge in [-0.15, -0.1) is 0 Å². The van der Waals surface area contributed by atoms with E-state index >= 15 is 0 Å². The van der Waals surface area contributed by atoms with Crippen LogP contribution in [0.25, 0.3) is 11.1 Å². The highest BCUT2D eigenvalue weighted by atomic mass is 16.4. The van der Waals surface area contributed by atoms with Gasteiger partial charge in [-0.25, -0.2) is 9.59 Å². The third kappa shape index (κ3) is 3.65. The average molecular weight is 320 g/mol. The molecule has 24 heavy (non-hydrogen) atoms. The molecule has 0 heterocycles. The minimum absolute atomic E-state index is 0.122. The van der Waals surface area contributed by atoms with E-state index in [2.05, 4.69) is 13.2 Å². The molecular weight excluding hydrogens is 308 g/mol. The fourth-order valence-electron chi connectivity index (χ4n) is 2.03. The zero-order valence-electron chi connectivity index (χ0n) is 12.5. The van der Waals surface area contributed by atoms with Crippen LogP contribution in [-0.4, -0.2) is 22.2 Å². The molecule has 6 heteroatoms. The van der Waals surface area contributed by atoms with Crippen molar-refractivity contribution in [1.82, 2.24) is 0 Å². The summed E-state index contributed by atoms with van der Waals surface area (Å²) < 4.78 is 0. The van der Waals surface area contributed by atoms with Crippen molar-refractivity contribution in [3.8, 4) is 12.1 Å². The molecule has 118 valence electrons. The van der Waals surface area contributed by atoms with Gasteiger partial charge in [0.1, 0.15) is 12.1 Å². The summed E-state index contributed by atoms with van der Waals surface area (Å²) in [7, 11) is 0. The smallest absolute Gasteiger partial charge is 0.337 e. The lowest BCUT2D eigenvalue weighted by atomic mass is 9.94. The lowest BCUT2D eigenvalue weighted by molar-refractivity contribution is -0.131. The van der Waals surface area contributed by atoms with Crippen molar-refractivity contribution in [2.24, 2.45) is 0 Å². The van der Waals surface area contributed by atoms with E-state index in [-0.39, 0.29) is 33.4 Å². The molecule has 0 radical (unpaired) electrons. The van der Waals surface area contributed by atoms with Crippen LogP contribution in [0.5, 0.6) is 0 Å². The van der Waals surface area contributed by atoms with Crippen LogP contribution in [-0.2, 0) is 9.59 Å². The first-order valence-corrected chi connectivity index (χ1v) is 6.52. The summed E-state index contributed by atoms with van der Waals surface area (Å²) in [6.07, 6.45) is 2.21. The van der Waals surface area contributed by atoms with E-state index in [0.29, 0.717) is 0 Å². The Morgan fingerprint density at radius 3 is 1.54 bits per heavy atom. The van der Waals surface area contributed by atoms with Gasteiger partial charge in [-0.05, 0) is 17.2 Å². The number of carboxylic acids is 2. The zero-order chi connectivity index (χ0) is 18.3. The molecule has 0 spiro atoms. The van der Waals surface area contributed by atoms with Crippen LogP contribution in [0.2, 0.25) is 0 Å². The molecular formula is C18H12N2O4. The zero-order valence-corrected chi connectivity index (χ0v) is 12.5. The van der Waals surface area contributed by atoms with E-state index in [9.17, 15) is 19.8 Å². The van der Waals surface area contributed by atoms with E-state index < -0.39 is 11.9 Å². The summed E-state index contributed by atoms with van der Waals surface area (Å²) in [5.41, 5.74) is -0.699. The number of rotatable bonds is 6. The van der Waals surface area contributed by atoms with Gasteiger partial charge in [-0.1, -0.05) is 43.5 Å². The van der Waals surface area contributed by atoms with Gasteiger partial charge in [0, 0.05) is 0 Å². The Morgan fingerprint density at radius 1 is 0.917 bits per heavy atom. The fraction of sp³-hybridized carbons (Fsp3) is 0. The molecule has 2 N–H and O–H groups in total. The molecule has 6 nitrogen and oxygen atoms in total. The highest BCUT2D eigenvalue weighted by molar-refractivity contribution is 6.20. The van der Waals surface area contributed by atoms with Crippen molar-refractivity contribution in [3.63, 3.8) is 0 Å². The maximum atomic E-state index is 11.5. The Labute approximate surface area is 138 Å². The van der Waals surface area contributed by atoms with E-state index in [1.165, 1.54) is 24.3 Å². The first-order valence-electron chi connectivity index (χ1n) is 6.52. The Hall–Kier alpha value is -3.90. The number of nitrogens with zero attached hydrogens (tertiary/aromatic N) is 2. The molecule has 0 saturated carbocycles. The predicted molar refractivity (Wildman–Crippen MR) is 87.2 cm³/mol. The second-order valence-corrected chi connectivity index (χ2v) is 4.40. The SMILES string of the molecule is C=CC(C#N)=C(C(=O)O)c1cccc(C(C(=O)O)=C(C#N)C=C)c1. The highest BCUT2D eigenvalue weighted by Gasteiger charge is 2.19. The summed E-state index contributed by atoms with van der Waals surface area (Å²) in [5, 5.41) is 36.8. The molecule has 1 aromatic carbocycles. The quantitative estimate of drug-likeness (QED) is 0.472. The van der Waals surface area contributed by atoms with E-state index in [0.717, 1.165) is 12.2 Å². The molecule has 0 aliphatic rings. The number of aliphatic carboxylic acids is 2. The maximum absolute atomic E-state index is 11.5. The third-order valence-electron chi connectivity index (χ3n) is 3.06. The molecule has 0 bridgehead atoms. The van der Waals surface area contributed by atoms with Gasteiger partial charge in [-0.2, -0.15) is 10.5 Å². The maximum Gasteiger partial charge on any atom is 0.337 e. The average Bonchev–Trinajstić information content (AvgIpc) is 2.56. The minimum atomic E-state index is -1.35. The lowest BCUT2D eigenvalue weighted by Gasteiger charge is -2.09. The molecule has 0 saturated heterocycles. The van der Waals surface area contributed by atoms with Gasteiger partial charge in [0.15, 0.2) is 0 Å². The highest BCUT2D eigenvalue weighted by Crippen LogP contribution is 2.26. The van der Waals surface area contributed by atoms with Gasteiger partial charge in [0.05, 0.1) is 22.3 Å². The molecule has 0 atom stereocenters. The molecule has 1 rings (SSSR count).